The van der Waals surface area contributed by atoms with E-state index in [9.17, 15) is 14.4 Å². The van der Waals surface area contributed by atoms with Gasteiger partial charge in [-0.2, -0.15) is 0 Å². The molecule has 1 N–H and O–H groups in total. The van der Waals surface area contributed by atoms with E-state index in [0.29, 0.717) is 33.4 Å². The van der Waals surface area contributed by atoms with Gasteiger partial charge in [-0.3, -0.25) is 77.7 Å². The van der Waals surface area contributed by atoms with Crippen molar-refractivity contribution < 1.29 is 133 Å². The molecule has 8 heterocycles. The summed E-state index contributed by atoms with van der Waals surface area (Å²) in [5.74, 6) is -11.0. The number of benzene rings is 6. The number of nitrogens with one attached hydrogen (secondary N) is 1. The molecule has 36 heteroatoms. The standard InChI is InChI=1S/C98H104Cl3N5O28/c1-52-53(2)86(111)103(85(52)110)73-81(122-45-66-36-24-15-25-37-66)77(69(48-118-42-63-30-18-12-19-31-63)127-94(73)132-79-71(50-120-44-65-34-22-14-23-35-65)129-96(134-97(102)98(99,100)101)75(105-89(114)56(5)57(6)90(105)115)83(79)124-47-68-40-28-17-29-41-68)131-93-74(104-87(112)54(3)55(4)88(104)113)82(123-46-67-38-26-16-27-39-67)78(70(128-93)49-119-43-64-32-20-13-21-33-64)133-95-76(106-91(116)58(7)59(8)92(106)117)84(126-62(11)109)80(125-61(10)108)72(130-95)51-121-60(9)107/h12-41,69-84,93-96,102H,42-51H2,1-11H3/t69-,70-,71-,72-,73-,74-,75-,76-,77-,78-,79-,80-,81-,82-,83-,84-,93+,94+,95+,96+/m1/s1. The Morgan fingerprint density at radius 2 is 0.522 bits per heavy atom. The molecule has 6 aromatic rings. The number of nitrogens with zero attached hydrogens (tertiary/aromatic N) is 4. The van der Waals surface area contributed by atoms with Crippen LogP contribution in [0.3, 0.4) is 0 Å². The molecule has 20 atom stereocenters. The molecule has 0 saturated carbocycles. The molecule has 4 saturated heterocycles. The number of imide groups is 4. The minimum Gasteiger partial charge on any atom is -0.463 e. The van der Waals surface area contributed by atoms with Gasteiger partial charge >= 0.3 is 17.9 Å². The Morgan fingerprint density at radius 1 is 0.299 bits per heavy atom. The molecule has 0 aliphatic carbocycles. The molecule has 6 aromatic carbocycles. The molecule has 14 rings (SSSR count). The van der Waals surface area contributed by atoms with Crippen LogP contribution in [0.25, 0.3) is 0 Å². The molecule has 0 radical (unpaired) electrons. The van der Waals surface area contributed by atoms with Crippen LogP contribution in [0, 0.1) is 5.41 Å². The maximum Gasteiger partial charge on any atom is 0.303 e. The first-order valence-corrected chi connectivity index (χ1v) is 44.7. The number of ether oxygens (including phenoxy) is 17. The second-order valence-electron chi connectivity index (χ2n) is 33.5. The van der Waals surface area contributed by atoms with Crippen molar-refractivity contribution in [2.75, 3.05) is 26.4 Å². The number of esters is 3. The van der Waals surface area contributed by atoms with E-state index in [1.54, 1.807) is 176 Å². The van der Waals surface area contributed by atoms with Crippen molar-refractivity contribution in [3.8, 4) is 0 Å². The highest BCUT2D eigenvalue weighted by Gasteiger charge is 2.65. The molecule has 710 valence electrons. The van der Waals surface area contributed by atoms with Gasteiger partial charge in [0.05, 0.1) is 59.5 Å². The van der Waals surface area contributed by atoms with E-state index in [1.807, 2.05) is 6.07 Å². The number of halogens is 3. The van der Waals surface area contributed by atoms with Crippen LogP contribution in [-0.4, -0.2) is 243 Å². The highest BCUT2D eigenvalue weighted by molar-refractivity contribution is 6.76. The minimum absolute atomic E-state index is 0.00630. The molecule has 0 aromatic heterocycles. The third kappa shape index (κ3) is 22.1. The van der Waals surface area contributed by atoms with Gasteiger partial charge in [0.25, 0.3) is 51.0 Å². The second kappa shape index (κ2) is 43.8. The first kappa shape index (κ1) is 99.0. The average molecular weight is 1910 g/mol. The average Bonchev–Trinajstić information content (AvgIpc) is 1.43. The van der Waals surface area contributed by atoms with Gasteiger partial charge in [0.1, 0.15) is 91.8 Å². The zero-order valence-corrected chi connectivity index (χ0v) is 77.6. The van der Waals surface area contributed by atoms with Gasteiger partial charge in [-0.1, -0.05) is 217 Å². The molecule has 0 bridgehead atoms. The molecule has 0 spiro atoms. The molecule has 33 nitrogen and oxygen atoms in total. The van der Waals surface area contributed by atoms with Gasteiger partial charge in [0.2, 0.25) is 12.2 Å². The van der Waals surface area contributed by atoms with Crippen LogP contribution in [0.15, 0.2) is 227 Å². The number of amides is 8. The third-order valence-corrected chi connectivity index (χ3v) is 25.2. The molecule has 0 unspecified atom stereocenters. The lowest BCUT2D eigenvalue weighted by atomic mass is 9.91. The highest BCUT2D eigenvalue weighted by atomic mass is 35.6. The molecular formula is C98H104Cl3N5O28. The van der Waals surface area contributed by atoms with Crippen molar-refractivity contribution in [3.05, 3.63) is 260 Å². The second-order valence-corrected chi connectivity index (χ2v) is 35.8. The molecule has 8 amide bonds. The van der Waals surface area contributed by atoms with Gasteiger partial charge in [-0.15, -0.1) is 0 Å². The first-order valence-electron chi connectivity index (χ1n) is 43.6. The fraction of sp³-hybridized carbons (Fsp3) is 0.429. The van der Waals surface area contributed by atoms with E-state index >= 15 is 38.4 Å². The van der Waals surface area contributed by atoms with Crippen LogP contribution < -0.4 is 0 Å². The topological polar surface area (TPSA) is 381 Å². The van der Waals surface area contributed by atoms with Crippen LogP contribution in [0.4, 0.5) is 0 Å². The normalized spacial score (nSPS) is 28.1. The summed E-state index contributed by atoms with van der Waals surface area (Å²) >= 11 is 19.3. The summed E-state index contributed by atoms with van der Waals surface area (Å²) in [5.41, 5.74) is 3.23. The maximum absolute atomic E-state index is 16.0. The Morgan fingerprint density at radius 3 is 0.769 bits per heavy atom. The Hall–Kier alpha value is -10.9. The lowest BCUT2D eigenvalue weighted by Gasteiger charge is -2.54. The van der Waals surface area contributed by atoms with E-state index in [4.69, 9.17) is 121 Å². The largest absolute Gasteiger partial charge is 0.463 e. The zero-order valence-electron chi connectivity index (χ0n) is 75.3. The van der Waals surface area contributed by atoms with Crippen molar-refractivity contribution in [2.24, 2.45) is 0 Å². The number of hydrogen-bond acceptors (Lipinski definition) is 29. The Bertz CT molecular complexity index is 5380. The lowest BCUT2D eigenvalue weighted by Crippen LogP contribution is -2.73. The molecule has 8 aliphatic heterocycles. The van der Waals surface area contributed by atoms with Gasteiger partial charge < -0.3 is 80.5 Å². The van der Waals surface area contributed by atoms with Crippen molar-refractivity contribution >= 4 is 106 Å². The van der Waals surface area contributed by atoms with E-state index < -0.39 is 230 Å². The van der Waals surface area contributed by atoms with Crippen LogP contribution in [0.2, 0.25) is 0 Å². The summed E-state index contributed by atoms with van der Waals surface area (Å²) in [5, 5.41) is 9.13. The minimum atomic E-state index is -2.60. The fourth-order valence-electron chi connectivity index (χ4n) is 17.3. The zero-order chi connectivity index (χ0) is 95.7. The summed E-state index contributed by atoms with van der Waals surface area (Å²) < 4.78 is 115. The van der Waals surface area contributed by atoms with E-state index in [0.717, 1.165) is 40.4 Å². The Kier molecular flexibility index (Phi) is 32.4. The smallest absolute Gasteiger partial charge is 0.303 e. The predicted molar refractivity (Wildman–Crippen MR) is 476 cm³/mol. The van der Waals surface area contributed by atoms with Crippen molar-refractivity contribution in [2.45, 2.75) is 242 Å². The van der Waals surface area contributed by atoms with Crippen LogP contribution in [0.1, 0.15) is 110 Å². The van der Waals surface area contributed by atoms with Crippen molar-refractivity contribution in [1.29, 1.82) is 5.41 Å². The summed E-state index contributed by atoms with van der Waals surface area (Å²) in [4.78, 5) is 168. The summed E-state index contributed by atoms with van der Waals surface area (Å²) in [6.07, 6.45) is -29.7. The molecule has 134 heavy (non-hydrogen) atoms. The molecule has 4 fully saturated rings. The van der Waals surface area contributed by atoms with Crippen molar-refractivity contribution in [3.63, 3.8) is 0 Å². The number of alkyl halides is 3. The monoisotopic (exact) mass is 1900 g/mol. The van der Waals surface area contributed by atoms with Crippen LogP contribution in [0.5, 0.6) is 0 Å². The van der Waals surface area contributed by atoms with Gasteiger partial charge in [0.15, 0.2) is 31.1 Å². The van der Waals surface area contributed by atoms with Gasteiger partial charge in [-0.25, -0.2) is 0 Å². The molecule has 8 aliphatic rings. The maximum atomic E-state index is 16.0. The summed E-state index contributed by atoms with van der Waals surface area (Å²) in [7, 11) is 0. The number of carbonyl (C=O) groups is 11. The molecular weight excluding hydrogens is 1800 g/mol. The van der Waals surface area contributed by atoms with Gasteiger partial charge in [0, 0.05) is 65.4 Å². The highest BCUT2D eigenvalue weighted by Crippen LogP contribution is 2.46. The first-order chi connectivity index (χ1) is 64.2. The quantitative estimate of drug-likeness (QED) is 0.00953. The van der Waals surface area contributed by atoms with E-state index in [2.05, 4.69) is 0 Å². The van der Waals surface area contributed by atoms with Crippen molar-refractivity contribution in [1.82, 2.24) is 19.6 Å². The Labute approximate surface area is 788 Å². The number of rotatable bonds is 36. The SMILES string of the molecule is CC(=O)OC[C@H]1O[C@@H](O[C@H]2[C@H](OCc3ccccc3)[C@@H](N3C(=O)C(C)=C(C)C3=O)[C@H](O[C@H]3[C@H](OCc4ccccc4)[C@@H](N4C(=O)C(C)=C(C)C4=O)[C@H](O[C@H]4[C@H](OCc5ccccc5)[C@@H](N5C(=O)C(C)=C(C)C5=O)[C@H](OC(=N)C(Cl)(Cl)Cl)O[C@@H]4COCc4ccccc4)O[C@@H]3COCc3ccccc3)O[C@@H]2COCc2ccccc2)[C@H](N2C(=O)C(C)=C(C)C2=O)[C@@H](OC(C)=O)[C@@H]1OC(C)=O. The summed E-state index contributed by atoms with van der Waals surface area (Å²) in [6, 6.07) is 45.3. The van der Waals surface area contributed by atoms with E-state index in [-0.39, 0.29) is 77.6 Å². The number of hydrogen-bond donors (Lipinski definition) is 1. The van der Waals surface area contributed by atoms with Gasteiger partial charge in [-0.05, 0) is 88.8 Å². The predicted octanol–water partition coefficient (Wildman–Crippen LogP) is 10.5. The lowest BCUT2D eigenvalue weighted by molar-refractivity contribution is -0.378. The summed E-state index contributed by atoms with van der Waals surface area (Å²) in [6.45, 7) is 10.6. The Balaban J connectivity index is 0.988. The van der Waals surface area contributed by atoms with E-state index in [1.165, 1.54) is 55.4 Å². The van der Waals surface area contributed by atoms with Crippen LogP contribution >= 0.6 is 34.8 Å². The number of carbonyl (C=O) groups excluding carboxylic acids is 11. The fourth-order valence-corrected chi connectivity index (χ4v) is 17.4. The van der Waals surface area contributed by atoms with Crippen LogP contribution in [-0.2, 0) is 173 Å². The third-order valence-electron chi connectivity index (χ3n) is 24.7.